The lowest BCUT2D eigenvalue weighted by atomic mass is 10.2. The molecule has 26 heavy (non-hydrogen) atoms. The van der Waals surface area contributed by atoms with Gasteiger partial charge in [0.25, 0.3) is 0 Å². The van der Waals surface area contributed by atoms with E-state index in [0.717, 1.165) is 16.7 Å². The van der Waals surface area contributed by atoms with Crippen LogP contribution in [-0.2, 0) is 7.05 Å². The van der Waals surface area contributed by atoms with E-state index in [4.69, 9.17) is 21.7 Å². The molecule has 132 valence electrons. The SMILES string of the molecule is COc1ccc2c(c1)nc(C1=C(O)CN(c3cccc(Cl)c3)C1=N)n2C. The maximum atomic E-state index is 10.6. The number of rotatable bonds is 3. The quantitative estimate of drug-likeness (QED) is 0.732. The molecular formula is C19H17ClN4O2. The molecule has 4 rings (SSSR count). The first kappa shape index (κ1) is 16.5. The van der Waals surface area contributed by atoms with Crippen molar-refractivity contribution in [2.24, 2.45) is 7.05 Å². The summed E-state index contributed by atoms with van der Waals surface area (Å²) < 4.78 is 7.12. The topological polar surface area (TPSA) is 74.4 Å². The molecule has 1 aromatic heterocycles. The van der Waals surface area contributed by atoms with Crippen molar-refractivity contribution in [3.63, 3.8) is 0 Å². The average Bonchev–Trinajstić information content (AvgIpc) is 3.10. The molecule has 0 saturated heterocycles. The Labute approximate surface area is 155 Å². The third-order valence-corrected chi connectivity index (χ3v) is 4.77. The number of ether oxygens (including phenoxy) is 1. The van der Waals surface area contributed by atoms with Crippen molar-refractivity contribution in [2.45, 2.75) is 0 Å². The van der Waals surface area contributed by atoms with Gasteiger partial charge in [-0.1, -0.05) is 17.7 Å². The Kier molecular flexibility index (Phi) is 3.85. The summed E-state index contributed by atoms with van der Waals surface area (Å²) in [5, 5.41) is 19.7. The first-order chi connectivity index (χ1) is 12.5. The smallest absolute Gasteiger partial charge is 0.148 e. The Morgan fingerprint density at radius 1 is 1.23 bits per heavy atom. The number of hydrogen-bond acceptors (Lipinski definition) is 4. The van der Waals surface area contributed by atoms with Gasteiger partial charge in [-0.05, 0) is 30.3 Å². The van der Waals surface area contributed by atoms with Gasteiger partial charge in [-0.3, -0.25) is 5.41 Å². The number of anilines is 1. The number of aliphatic hydroxyl groups excluding tert-OH is 1. The number of hydrogen-bond donors (Lipinski definition) is 2. The molecule has 0 saturated carbocycles. The lowest BCUT2D eigenvalue weighted by molar-refractivity contribution is 0.411. The predicted octanol–water partition coefficient (Wildman–Crippen LogP) is 4.00. The summed E-state index contributed by atoms with van der Waals surface area (Å²) >= 11 is 6.07. The van der Waals surface area contributed by atoms with Crippen LogP contribution < -0.4 is 9.64 Å². The zero-order chi connectivity index (χ0) is 18.4. The van der Waals surface area contributed by atoms with Crippen LogP contribution in [0.2, 0.25) is 5.02 Å². The normalized spacial score (nSPS) is 14.6. The molecule has 0 fully saturated rings. The van der Waals surface area contributed by atoms with Crippen LogP contribution in [0.1, 0.15) is 5.82 Å². The van der Waals surface area contributed by atoms with E-state index in [1.165, 1.54) is 0 Å². The summed E-state index contributed by atoms with van der Waals surface area (Å²) in [6.45, 7) is 0.209. The third-order valence-electron chi connectivity index (χ3n) is 4.53. The minimum atomic E-state index is 0.111. The number of fused-ring (bicyclic) bond motifs is 1. The van der Waals surface area contributed by atoms with E-state index < -0.39 is 0 Å². The molecule has 0 atom stereocenters. The van der Waals surface area contributed by atoms with Crippen molar-refractivity contribution < 1.29 is 9.84 Å². The van der Waals surface area contributed by atoms with Gasteiger partial charge in [0.15, 0.2) is 0 Å². The monoisotopic (exact) mass is 368 g/mol. The molecule has 0 spiro atoms. The molecule has 1 aliphatic rings. The van der Waals surface area contributed by atoms with Gasteiger partial charge in [-0.15, -0.1) is 0 Å². The standard InChI is InChI=1S/C19H17ClN4O2/c1-23-15-7-6-13(26-2)9-14(15)22-19(23)17-16(25)10-24(18(17)21)12-5-3-4-11(20)8-12/h3-9,21,25H,10H2,1-2H3. The molecule has 0 bridgehead atoms. The predicted molar refractivity (Wildman–Crippen MR) is 103 cm³/mol. The van der Waals surface area contributed by atoms with Crippen LogP contribution in [0.15, 0.2) is 48.2 Å². The Morgan fingerprint density at radius 2 is 2.04 bits per heavy atom. The van der Waals surface area contributed by atoms with Crippen LogP contribution in [0.4, 0.5) is 5.69 Å². The Morgan fingerprint density at radius 3 is 2.77 bits per heavy atom. The number of nitrogens with zero attached hydrogens (tertiary/aromatic N) is 3. The summed E-state index contributed by atoms with van der Waals surface area (Å²) in [5.41, 5.74) is 2.82. The maximum Gasteiger partial charge on any atom is 0.148 e. The summed E-state index contributed by atoms with van der Waals surface area (Å²) in [5.74, 6) is 1.55. The summed E-state index contributed by atoms with van der Waals surface area (Å²) in [4.78, 5) is 6.33. The number of halogens is 1. The third kappa shape index (κ3) is 2.50. The molecule has 0 amide bonds. The number of methoxy groups -OCH3 is 1. The minimum Gasteiger partial charge on any atom is -0.509 e. The molecule has 0 aliphatic carbocycles. The van der Waals surface area contributed by atoms with Crippen LogP contribution >= 0.6 is 11.6 Å². The first-order valence-electron chi connectivity index (χ1n) is 8.04. The Hall–Kier alpha value is -2.99. The molecule has 2 heterocycles. The second-order valence-electron chi connectivity index (χ2n) is 6.09. The zero-order valence-electron chi connectivity index (χ0n) is 14.3. The summed E-state index contributed by atoms with van der Waals surface area (Å²) in [6, 6.07) is 12.8. The van der Waals surface area contributed by atoms with Gasteiger partial charge in [0.1, 0.15) is 23.2 Å². The van der Waals surface area contributed by atoms with Crippen LogP contribution in [0, 0.1) is 5.41 Å². The van der Waals surface area contributed by atoms with Gasteiger partial charge in [0.2, 0.25) is 0 Å². The van der Waals surface area contributed by atoms with E-state index in [1.807, 2.05) is 41.9 Å². The molecule has 0 unspecified atom stereocenters. The molecule has 1 aliphatic heterocycles. The fraction of sp³-hybridized carbons (Fsp3) is 0.158. The maximum absolute atomic E-state index is 10.6. The van der Waals surface area contributed by atoms with Gasteiger partial charge in [0, 0.05) is 23.8 Å². The lowest BCUT2D eigenvalue weighted by Gasteiger charge is -2.19. The molecule has 6 nitrogen and oxygen atoms in total. The van der Waals surface area contributed by atoms with Crippen molar-refractivity contribution in [1.29, 1.82) is 5.41 Å². The number of aryl methyl sites for hydroxylation is 1. The van der Waals surface area contributed by atoms with E-state index in [0.29, 0.717) is 22.2 Å². The van der Waals surface area contributed by atoms with E-state index in [2.05, 4.69) is 4.98 Å². The second kappa shape index (κ2) is 6.07. The van der Waals surface area contributed by atoms with Crippen LogP contribution in [0.3, 0.4) is 0 Å². The highest BCUT2D eigenvalue weighted by Gasteiger charge is 2.32. The number of imidazole rings is 1. The fourth-order valence-corrected chi connectivity index (χ4v) is 3.39. The number of nitrogens with one attached hydrogen (secondary N) is 1. The van der Waals surface area contributed by atoms with E-state index in [-0.39, 0.29) is 18.1 Å². The van der Waals surface area contributed by atoms with Gasteiger partial charge >= 0.3 is 0 Å². The molecular weight excluding hydrogens is 352 g/mol. The van der Waals surface area contributed by atoms with Gasteiger partial charge in [-0.2, -0.15) is 0 Å². The molecule has 3 aromatic rings. The first-order valence-corrected chi connectivity index (χ1v) is 8.42. The van der Waals surface area contributed by atoms with Crippen molar-refractivity contribution in [3.05, 3.63) is 59.1 Å². The van der Waals surface area contributed by atoms with Crippen LogP contribution in [0.25, 0.3) is 16.6 Å². The van der Waals surface area contributed by atoms with E-state index in [1.54, 1.807) is 24.1 Å². The second-order valence-corrected chi connectivity index (χ2v) is 6.52. The van der Waals surface area contributed by atoms with Crippen molar-refractivity contribution >= 4 is 39.7 Å². The van der Waals surface area contributed by atoms with Crippen LogP contribution in [-0.4, -0.2) is 34.1 Å². The van der Waals surface area contributed by atoms with Crippen molar-refractivity contribution in [1.82, 2.24) is 9.55 Å². The van der Waals surface area contributed by atoms with Gasteiger partial charge < -0.3 is 19.3 Å². The largest absolute Gasteiger partial charge is 0.509 e. The Balaban J connectivity index is 1.78. The fourth-order valence-electron chi connectivity index (χ4n) is 3.21. The van der Waals surface area contributed by atoms with E-state index in [9.17, 15) is 5.11 Å². The number of benzene rings is 2. The van der Waals surface area contributed by atoms with Gasteiger partial charge in [-0.25, -0.2) is 4.98 Å². The molecule has 2 aromatic carbocycles. The highest BCUT2D eigenvalue weighted by Crippen LogP contribution is 2.33. The lowest BCUT2D eigenvalue weighted by Crippen LogP contribution is -2.26. The van der Waals surface area contributed by atoms with E-state index >= 15 is 0 Å². The molecule has 7 heteroatoms. The Bertz CT molecular complexity index is 1070. The minimum absolute atomic E-state index is 0.111. The number of aliphatic hydroxyl groups is 1. The summed E-state index contributed by atoms with van der Waals surface area (Å²) in [7, 11) is 3.47. The van der Waals surface area contributed by atoms with Gasteiger partial charge in [0.05, 0.1) is 30.3 Å². The number of amidine groups is 1. The summed E-state index contributed by atoms with van der Waals surface area (Å²) in [6.07, 6.45) is 0. The molecule has 2 N–H and O–H groups in total. The highest BCUT2D eigenvalue weighted by molar-refractivity contribution is 6.32. The van der Waals surface area contributed by atoms with Crippen LogP contribution in [0.5, 0.6) is 5.75 Å². The molecule has 0 radical (unpaired) electrons. The van der Waals surface area contributed by atoms with Crippen molar-refractivity contribution in [3.8, 4) is 5.75 Å². The average molecular weight is 369 g/mol. The number of aromatic nitrogens is 2. The van der Waals surface area contributed by atoms with Crippen molar-refractivity contribution in [2.75, 3.05) is 18.6 Å². The highest BCUT2D eigenvalue weighted by atomic mass is 35.5. The zero-order valence-corrected chi connectivity index (χ0v) is 15.1.